The predicted molar refractivity (Wildman–Crippen MR) is 158 cm³/mol. The van der Waals surface area contributed by atoms with E-state index in [0.29, 0.717) is 25.7 Å². The van der Waals surface area contributed by atoms with E-state index in [9.17, 15) is 24.0 Å². The summed E-state index contributed by atoms with van der Waals surface area (Å²) in [5, 5.41) is 0. The molecule has 0 spiro atoms. The van der Waals surface area contributed by atoms with Gasteiger partial charge < -0.3 is 24.8 Å². The number of benzene rings is 2. The maximum Gasteiger partial charge on any atom is 0.322 e. The fourth-order valence-electron chi connectivity index (χ4n) is 3.50. The summed E-state index contributed by atoms with van der Waals surface area (Å²) >= 11 is 0. The van der Waals surface area contributed by atoms with Gasteiger partial charge in [0.2, 0.25) is 0 Å². The summed E-state index contributed by atoms with van der Waals surface area (Å²) in [6.07, 6.45) is 6.11. The summed E-state index contributed by atoms with van der Waals surface area (Å²) in [5.41, 5.74) is 7.38. The van der Waals surface area contributed by atoms with Gasteiger partial charge in [-0.25, -0.2) is 0 Å². The molecule has 0 amide bonds. The van der Waals surface area contributed by atoms with E-state index in [1.807, 2.05) is 36.4 Å². The van der Waals surface area contributed by atoms with Gasteiger partial charge in [0.25, 0.3) is 0 Å². The van der Waals surface area contributed by atoms with Crippen LogP contribution in [0.4, 0.5) is 0 Å². The van der Waals surface area contributed by atoms with Crippen molar-refractivity contribution in [1.29, 1.82) is 0 Å². The second-order valence-electron chi connectivity index (χ2n) is 9.09. The molecule has 0 fully saturated rings. The molecule has 0 aliphatic heterocycles. The maximum atomic E-state index is 11.7. The van der Waals surface area contributed by atoms with E-state index in [0.717, 1.165) is 37.5 Å². The van der Waals surface area contributed by atoms with Crippen molar-refractivity contribution < 1.29 is 33.4 Å². The van der Waals surface area contributed by atoms with Crippen LogP contribution < -0.4 is 5.73 Å². The summed E-state index contributed by atoms with van der Waals surface area (Å²) in [4.78, 5) is 53.9. The first-order valence-corrected chi connectivity index (χ1v) is 13.1. The number of hydrogen-bond acceptors (Lipinski definition) is 8. The zero-order valence-electron chi connectivity index (χ0n) is 24.0. The summed E-state index contributed by atoms with van der Waals surface area (Å²) in [7, 11) is 2.72. The topological polar surface area (TPSA) is 130 Å². The molecule has 2 aromatic carbocycles. The largest absolute Gasteiger partial charge is 0.469 e. The Bertz CT molecular complexity index is 984. The number of esters is 2. The van der Waals surface area contributed by atoms with Gasteiger partial charge in [-0.1, -0.05) is 60.7 Å². The normalized spacial score (nSPS) is 11.0. The number of hydrogen-bond donors (Lipinski definition) is 1. The molecule has 0 radical (unpaired) electrons. The highest BCUT2D eigenvalue weighted by molar-refractivity contribution is 5.85. The fraction of sp³-hybridized carbons (Fsp3) is 0.452. The molecular weight excluding hydrogens is 534 g/mol. The first-order chi connectivity index (χ1) is 18.6. The van der Waals surface area contributed by atoms with Crippen molar-refractivity contribution in [2.75, 3.05) is 14.2 Å². The number of methoxy groups -OCH3 is 2. The van der Waals surface area contributed by atoms with Crippen LogP contribution in [-0.4, -0.2) is 50.1 Å². The monoisotopic (exact) mass is 577 g/mol. The third kappa shape index (κ3) is 20.6. The quantitative estimate of drug-likeness (QED) is 0.235. The van der Waals surface area contributed by atoms with Crippen LogP contribution in [0.25, 0.3) is 0 Å². The predicted octanol–water partition coefficient (Wildman–Crippen LogP) is 5.33. The number of aldehydes is 1. The minimum Gasteiger partial charge on any atom is -0.469 e. The van der Waals surface area contributed by atoms with Crippen LogP contribution in [-0.2, 0) is 35.1 Å². The van der Waals surface area contributed by atoms with Crippen LogP contribution in [0.15, 0.2) is 60.7 Å². The average Bonchev–Trinajstić information content (AvgIpc) is 2.95. The Hall–Kier alpha value is -3.36. The minimum atomic E-state index is -0.589. The average molecular weight is 578 g/mol. The molecule has 0 bridgehead atoms. The summed E-state index contributed by atoms with van der Waals surface area (Å²) in [5.74, 6) is -0.402. The molecule has 40 heavy (non-hydrogen) atoms. The summed E-state index contributed by atoms with van der Waals surface area (Å²) in [6, 6.07) is 18.6. The van der Waals surface area contributed by atoms with Crippen molar-refractivity contribution in [1.82, 2.24) is 0 Å². The van der Waals surface area contributed by atoms with Gasteiger partial charge in [0.1, 0.15) is 23.9 Å². The molecule has 0 aromatic heterocycles. The van der Waals surface area contributed by atoms with Crippen molar-refractivity contribution >= 4 is 42.2 Å². The van der Waals surface area contributed by atoms with E-state index in [-0.39, 0.29) is 35.9 Å². The van der Waals surface area contributed by atoms with E-state index in [4.69, 9.17) is 10.5 Å². The number of rotatable bonds is 14. The van der Waals surface area contributed by atoms with Crippen molar-refractivity contribution in [3.8, 4) is 0 Å². The molecule has 9 heteroatoms. The second kappa shape index (κ2) is 24.7. The highest BCUT2D eigenvalue weighted by Crippen LogP contribution is 2.18. The maximum absolute atomic E-state index is 11.7. The number of carbonyl (C=O) groups is 5. The standard InChI is InChI=1S/C16H22O3.C8H15NO3.C7H6O.ClH/c1-13(17)7-6-10-15(16(18)19-2)12-11-14-8-4-3-5-9-14;1-6(10)4-3-5-7(9)8(11)12-2;8-6-7-4-2-1-3-5-7;/h3-5,8-9,15H,6-7,10-12H2,1-2H3;7H,3-5,9H2,1-2H3;1-6H;1H/t15-;7-;;/m10../s1. The summed E-state index contributed by atoms with van der Waals surface area (Å²) < 4.78 is 9.26. The van der Waals surface area contributed by atoms with E-state index in [1.165, 1.54) is 26.7 Å². The van der Waals surface area contributed by atoms with Crippen molar-refractivity contribution in [3.05, 3.63) is 71.8 Å². The van der Waals surface area contributed by atoms with E-state index in [1.54, 1.807) is 19.1 Å². The van der Waals surface area contributed by atoms with Gasteiger partial charge in [0, 0.05) is 18.4 Å². The van der Waals surface area contributed by atoms with Gasteiger partial charge >= 0.3 is 11.9 Å². The fourth-order valence-corrected chi connectivity index (χ4v) is 3.50. The van der Waals surface area contributed by atoms with Crippen molar-refractivity contribution in [2.24, 2.45) is 11.7 Å². The minimum absolute atomic E-state index is 0. The second-order valence-corrected chi connectivity index (χ2v) is 9.09. The Labute approximate surface area is 244 Å². The lowest BCUT2D eigenvalue weighted by molar-refractivity contribution is -0.146. The van der Waals surface area contributed by atoms with Crippen molar-refractivity contribution in [3.63, 3.8) is 0 Å². The molecule has 0 heterocycles. The number of aryl methyl sites for hydroxylation is 1. The van der Waals surface area contributed by atoms with E-state index in [2.05, 4.69) is 16.9 Å². The van der Waals surface area contributed by atoms with Crippen LogP contribution in [0.5, 0.6) is 0 Å². The molecule has 2 atom stereocenters. The van der Waals surface area contributed by atoms with Gasteiger partial charge in [-0.2, -0.15) is 0 Å². The highest BCUT2D eigenvalue weighted by Gasteiger charge is 2.18. The Morgan fingerprint density at radius 1 is 0.750 bits per heavy atom. The number of ketones is 2. The lowest BCUT2D eigenvalue weighted by Gasteiger charge is -2.14. The lowest BCUT2D eigenvalue weighted by atomic mass is 9.94. The van der Waals surface area contributed by atoms with Crippen LogP contribution in [0.2, 0.25) is 0 Å². The molecular formula is C31H44ClNO7. The highest BCUT2D eigenvalue weighted by atomic mass is 35.5. The van der Waals surface area contributed by atoms with E-state index < -0.39 is 12.0 Å². The number of Topliss-reactive ketones (excluding diaryl/α,β-unsaturated/α-hetero) is 2. The molecule has 2 N–H and O–H groups in total. The van der Waals surface area contributed by atoms with Gasteiger partial charge in [0.05, 0.1) is 20.1 Å². The Morgan fingerprint density at radius 3 is 1.65 bits per heavy atom. The first kappa shape index (κ1) is 38.8. The van der Waals surface area contributed by atoms with Gasteiger partial charge in [-0.05, 0) is 57.9 Å². The Morgan fingerprint density at radius 2 is 1.23 bits per heavy atom. The van der Waals surface area contributed by atoms with Crippen LogP contribution >= 0.6 is 12.4 Å². The molecule has 0 aliphatic carbocycles. The molecule has 8 nitrogen and oxygen atoms in total. The molecule has 0 aliphatic rings. The lowest BCUT2D eigenvalue weighted by Crippen LogP contribution is -2.31. The molecule has 222 valence electrons. The third-order valence-electron chi connectivity index (χ3n) is 5.72. The van der Waals surface area contributed by atoms with Gasteiger partial charge in [-0.15, -0.1) is 12.4 Å². The third-order valence-corrected chi connectivity index (χ3v) is 5.72. The van der Waals surface area contributed by atoms with Crippen LogP contribution in [0, 0.1) is 5.92 Å². The number of ether oxygens (including phenoxy) is 2. The Kier molecular flexibility index (Phi) is 23.9. The number of carbonyl (C=O) groups excluding carboxylic acids is 5. The molecule has 2 rings (SSSR count). The van der Waals surface area contributed by atoms with Gasteiger partial charge in [-0.3, -0.25) is 14.4 Å². The van der Waals surface area contributed by atoms with Crippen LogP contribution in [0.1, 0.15) is 74.7 Å². The Balaban J connectivity index is 0. The van der Waals surface area contributed by atoms with Crippen molar-refractivity contribution in [2.45, 2.75) is 71.3 Å². The molecule has 0 unspecified atom stereocenters. The zero-order valence-corrected chi connectivity index (χ0v) is 24.8. The molecule has 0 saturated heterocycles. The zero-order chi connectivity index (χ0) is 29.5. The van der Waals surface area contributed by atoms with Gasteiger partial charge in [0.15, 0.2) is 0 Å². The molecule has 2 aromatic rings. The van der Waals surface area contributed by atoms with Crippen LogP contribution in [0.3, 0.4) is 0 Å². The number of halogens is 1. The van der Waals surface area contributed by atoms with E-state index >= 15 is 0 Å². The number of nitrogens with two attached hydrogens (primary N) is 1. The smallest absolute Gasteiger partial charge is 0.322 e. The first-order valence-electron chi connectivity index (χ1n) is 13.1. The molecule has 0 saturated carbocycles. The SMILES string of the molecule is COC(=O)[C@@H](N)CCCC(C)=O.COC(=O)[C@H](CCCC(C)=O)CCc1ccccc1.Cl.O=Cc1ccccc1. The summed E-state index contributed by atoms with van der Waals surface area (Å²) in [6.45, 7) is 3.10.